The first kappa shape index (κ1) is 15.3. The molecule has 0 spiro atoms. The van der Waals surface area contributed by atoms with Crippen molar-refractivity contribution in [1.82, 2.24) is 0 Å². The Labute approximate surface area is 97.8 Å². The molecule has 0 saturated heterocycles. The first-order valence-electron chi connectivity index (χ1n) is 4.83. The summed E-state index contributed by atoms with van der Waals surface area (Å²) in [6.45, 7) is 2.17. The maximum atomic E-state index is 11.3. The van der Waals surface area contributed by atoms with Crippen LogP contribution in [0.5, 0.6) is 0 Å². The van der Waals surface area contributed by atoms with Crippen molar-refractivity contribution in [1.29, 1.82) is 0 Å². The lowest BCUT2D eigenvalue weighted by Crippen LogP contribution is -2.46. The lowest BCUT2D eigenvalue weighted by molar-refractivity contribution is -0.156. The molecule has 0 aliphatic rings. The molecule has 0 rings (SSSR count). The predicted molar refractivity (Wildman–Crippen MR) is 55.8 cm³/mol. The van der Waals surface area contributed by atoms with Gasteiger partial charge in [0.1, 0.15) is 24.8 Å². The molecule has 17 heavy (non-hydrogen) atoms. The number of hydrogen-bond donors (Lipinski definition) is 3. The molecule has 0 radical (unpaired) electrons. The minimum absolute atomic E-state index is 0.330. The van der Waals surface area contributed by atoms with E-state index < -0.39 is 36.1 Å². The number of esters is 2. The fourth-order valence-corrected chi connectivity index (χ4v) is 0.820. The van der Waals surface area contributed by atoms with Gasteiger partial charge in [0.25, 0.3) is 0 Å². The summed E-state index contributed by atoms with van der Waals surface area (Å²) in [4.78, 5) is 32.3. The maximum Gasteiger partial charge on any atom is 0.326 e. The SMILES string of the molecule is CC(=O)OC[C@H](N)C(=O)O[C@H](C)[C@H](N)C(=O)O. The molecule has 3 atom stereocenters. The first-order chi connectivity index (χ1) is 7.75. The number of carboxylic acid groups (broad SMARTS) is 1. The standard InChI is InChI=1S/C9H16N2O6/c1-4(7(11)8(13)14)17-9(15)6(10)3-16-5(2)12/h4,6-7H,3,10-11H2,1-2H3,(H,13,14)/t4-,6+,7+/m1/s1. The molecular formula is C9H16N2O6. The van der Waals surface area contributed by atoms with Gasteiger partial charge in [0, 0.05) is 6.92 Å². The minimum Gasteiger partial charge on any atom is -0.480 e. The van der Waals surface area contributed by atoms with Crippen molar-refractivity contribution in [2.75, 3.05) is 6.61 Å². The molecule has 98 valence electrons. The highest BCUT2D eigenvalue weighted by molar-refractivity contribution is 5.78. The van der Waals surface area contributed by atoms with E-state index in [9.17, 15) is 14.4 Å². The van der Waals surface area contributed by atoms with Gasteiger partial charge in [-0.2, -0.15) is 0 Å². The Morgan fingerprint density at radius 3 is 2.24 bits per heavy atom. The van der Waals surface area contributed by atoms with Crippen molar-refractivity contribution >= 4 is 17.9 Å². The average molecular weight is 248 g/mol. The second kappa shape index (κ2) is 6.81. The van der Waals surface area contributed by atoms with E-state index in [0.29, 0.717) is 0 Å². The Morgan fingerprint density at radius 1 is 1.29 bits per heavy atom. The van der Waals surface area contributed by atoms with Crippen LogP contribution in [0.3, 0.4) is 0 Å². The number of hydrogen-bond acceptors (Lipinski definition) is 7. The van der Waals surface area contributed by atoms with E-state index in [1.165, 1.54) is 13.8 Å². The molecule has 0 aromatic carbocycles. The quantitative estimate of drug-likeness (QED) is 0.468. The maximum absolute atomic E-state index is 11.3. The van der Waals surface area contributed by atoms with E-state index >= 15 is 0 Å². The Balaban J connectivity index is 4.15. The fraction of sp³-hybridized carbons (Fsp3) is 0.667. The lowest BCUT2D eigenvalue weighted by Gasteiger charge is -2.19. The molecule has 0 saturated carbocycles. The van der Waals surface area contributed by atoms with Crippen LogP contribution < -0.4 is 11.5 Å². The number of carbonyl (C=O) groups is 3. The second-order valence-corrected chi connectivity index (χ2v) is 3.42. The van der Waals surface area contributed by atoms with Gasteiger partial charge in [-0.05, 0) is 6.92 Å². The third kappa shape index (κ3) is 5.83. The Bertz CT molecular complexity index is 306. The second-order valence-electron chi connectivity index (χ2n) is 3.42. The summed E-state index contributed by atoms with van der Waals surface area (Å²) in [6, 6.07) is -2.50. The van der Waals surface area contributed by atoms with Crippen molar-refractivity contribution in [2.24, 2.45) is 11.5 Å². The van der Waals surface area contributed by atoms with Crippen LogP contribution in [0, 0.1) is 0 Å². The number of nitrogens with two attached hydrogens (primary N) is 2. The zero-order valence-electron chi connectivity index (χ0n) is 9.58. The van der Waals surface area contributed by atoms with Crippen molar-refractivity contribution in [3.63, 3.8) is 0 Å². The molecule has 0 bridgehead atoms. The number of rotatable bonds is 6. The van der Waals surface area contributed by atoms with Crippen molar-refractivity contribution in [2.45, 2.75) is 32.0 Å². The van der Waals surface area contributed by atoms with Crippen LogP contribution in [0.2, 0.25) is 0 Å². The Kier molecular flexibility index (Phi) is 6.15. The van der Waals surface area contributed by atoms with E-state index in [1.807, 2.05) is 0 Å². The molecule has 0 amide bonds. The molecule has 8 heteroatoms. The van der Waals surface area contributed by atoms with Gasteiger partial charge >= 0.3 is 17.9 Å². The number of ether oxygens (including phenoxy) is 2. The summed E-state index contributed by atoms with van der Waals surface area (Å²) in [5.41, 5.74) is 10.6. The normalized spacial score (nSPS) is 15.5. The summed E-state index contributed by atoms with van der Waals surface area (Å²) in [6.07, 6.45) is -1.02. The molecule has 0 fully saturated rings. The molecular weight excluding hydrogens is 232 g/mol. The van der Waals surface area contributed by atoms with E-state index in [0.717, 1.165) is 0 Å². The van der Waals surface area contributed by atoms with Gasteiger partial charge in [0.05, 0.1) is 0 Å². The zero-order chi connectivity index (χ0) is 13.6. The van der Waals surface area contributed by atoms with Crippen molar-refractivity contribution in [3.8, 4) is 0 Å². The fourth-order valence-electron chi connectivity index (χ4n) is 0.820. The van der Waals surface area contributed by atoms with Crippen molar-refractivity contribution in [3.05, 3.63) is 0 Å². The van der Waals surface area contributed by atoms with E-state index in [2.05, 4.69) is 4.74 Å². The van der Waals surface area contributed by atoms with Gasteiger partial charge in [-0.15, -0.1) is 0 Å². The Hall–Kier alpha value is -1.67. The summed E-state index contributed by atoms with van der Waals surface area (Å²) in [7, 11) is 0. The largest absolute Gasteiger partial charge is 0.480 e. The Morgan fingerprint density at radius 2 is 1.82 bits per heavy atom. The predicted octanol–water partition coefficient (Wildman–Crippen LogP) is -1.78. The molecule has 0 aromatic rings. The average Bonchev–Trinajstić information content (AvgIpc) is 2.24. The van der Waals surface area contributed by atoms with Crippen LogP contribution in [-0.2, 0) is 23.9 Å². The minimum atomic E-state index is -1.33. The van der Waals surface area contributed by atoms with Gasteiger partial charge in [-0.1, -0.05) is 0 Å². The van der Waals surface area contributed by atoms with Crippen LogP contribution in [0.4, 0.5) is 0 Å². The van der Waals surface area contributed by atoms with E-state index in [-0.39, 0.29) is 6.61 Å². The highest BCUT2D eigenvalue weighted by Crippen LogP contribution is 1.99. The lowest BCUT2D eigenvalue weighted by atomic mass is 10.2. The monoisotopic (exact) mass is 248 g/mol. The van der Waals surface area contributed by atoms with Crippen LogP contribution >= 0.6 is 0 Å². The molecule has 0 aliphatic heterocycles. The van der Waals surface area contributed by atoms with Gasteiger partial charge in [-0.25, -0.2) is 0 Å². The highest BCUT2D eigenvalue weighted by atomic mass is 16.6. The zero-order valence-corrected chi connectivity index (χ0v) is 9.58. The molecule has 0 aromatic heterocycles. The summed E-state index contributed by atoms with van der Waals surface area (Å²) < 4.78 is 9.21. The third-order valence-corrected chi connectivity index (χ3v) is 1.86. The van der Waals surface area contributed by atoms with Gasteiger partial charge in [0.15, 0.2) is 0 Å². The number of aliphatic carboxylic acids is 1. The van der Waals surface area contributed by atoms with Gasteiger partial charge in [-0.3, -0.25) is 14.4 Å². The number of carbonyl (C=O) groups excluding carboxylic acids is 2. The molecule has 0 unspecified atom stereocenters. The smallest absolute Gasteiger partial charge is 0.326 e. The highest BCUT2D eigenvalue weighted by Gasteiger charge is 2.26. The van der Waals surface area contributed by atoms with Crippen LogP contribution in [0.1, 0.15) is 13.8 Å². The van der Waals surface area contributed by atoms with Crippen LogP contribution in [-0.4, -0.2) is 47.8 Å². The van der Waals surface area contributed by atoms with E-state index in [1.54, 1.807) is 0 Å². The summed E-state index contributed by atoms with van der Waals surface area (Å²) in [5.74, 6) is -2.75. The van der Waals surface area contributed by atoms with E-state index in [4.69, 9.17) is 21.3 Å². The van der Waals surface area contributed by atoms with Crippen LogP contribution in [0.25, 0.3) is 0 Å². The molecule has 0 aliphatic carbocycles. The molecule has 0 heterocycles. The van der Waals surface area contributed by atoms with Crippen molar-refractivity contribution < 1.29 is 29.0 Å². The topological polar surface area (TPSA) is 142 Å². The summed E-state index contributed by atoms with van der Waals surface area (Å²) in [5, 5.41) is 8.56. The molecule has 5 N–H and O–H groups in total. The van der Waals surface area contributed by atoms with Gasteiger partial charge in [0.2, 0.25) is 0 Å². The first-order valence-corrected chi connectivity index (χ1v) is 4.83. The third-order valence-electron chi connectivity index (χ3n) is 1.86. The van der Waals surface area contributed by atoms with Crippen LogP contribution in [0.15, 0.2) is 0 Å². The number of carboxylic acids is 1. The van der Waals surface area contributed by atoms with Gasteiger partial charge < -0.3 is 26.0 Å². The summed E-state index contributed by atoms with van der Waals surface area (Å²) >= 11 is 0. The molecule has 8 nitrogen and oxygen atoms in total.